The van der Waals surface area contributed by atoms with Crippen LogP contribution in [0, 0.1) is 5.41 Å². The van der Waals surface area contributed by atoms with E-state index in [9.17, 15) is 0 Å². The van der Waals surface area contributed by atoms with Crippen LogP contribution in [0.2, 0.25) is 0 Å². The molecule has 2 rings (SSSR count). The zero-order valence-electron chi connectivity index (χ0n) is 6.03. The van der Waals surface area contributed by atoms with Gasteiger partial charge in [-0.15, -0.1) is 0 Å². The maximum absolute atomic E-state index is 4.18. The van der Waals surface area contributed by atoms with Gasteiger partial charge in [-0.2, -0.15) is 0 Å². The van der Waals surface area contributed by atoms with Gasteiger partial charge in [-0.3, -0.25) is 0 Å². The summed E-state index contributed by atoms with van der Waals surface area (Å²) in [4.78, 5) is 0. The Morgan fingerprint density at radius 3 is 2.00 bits per heavy atom. The third-order valence-electron chi connectivity index (χ3n) is 3.46. The molecule has 0 aromatic carbocycles. The van der Waals surface area contributed by atoms with Gasteiger partial charge in [0.25, 0.3) is 0 Å². The van der Waals surface area contributed by atoms with E-state index >= 15 is 0 Å². The maximum Gasteiger partial charge on any atom is 0.0900 e. The van der Waals surface area contributed by atoms with E-state index in [0.29, 0.717) is 0 Å². The molecule has 2 aliphatic rings. The van der Waals surface area contributed by atoms with E-state index in [1.54, 1.807) is 0 Å². The molecule has 1 spiro atoms. The average Bonchev–Trinajstić information content (AvgIpc) is 2.34. The van der Waals surface area contributed by atoms with Gasteiger partial charge in [-0.1, -0.05) is 12.8 Å². The van der Waals surface area contributed by atoms with Crippen molar-refractivity contribution in [2.24, 2.45) is 5.41 Å². The first-order valence-electron chi connectivity index (χ1n) is 4.17. The van der Waals surface area contributed by atoms with Gasteiger partial charge in [-0.25, -0.2) is 0 Å². The SMILES string of the molecule is [NH3+]C1CCC12CCCC2. The minimum atomic E-state index is 0.764. The van der Waals surface area contributed by atoms with E-state index < -0.39 is 0 Å². The molecule has 0 aromatic heterocycles. The molecule has 0 amide bonds. The van der Waals surface area contributed by atoms with Crippen molar-refractivity contribution in [1.82, 2.24) is 0 Å². The fraction of sp³-hybridized carbons (Fsp3) is 1.00. The van der Waals surface area contributed by atoms with Crippen LogP contribution in [0.15, 0.2) is 0 Å². The summed E-state index contributed by atoms with van der Waals surface area (Å²) in [6.07, 6.45) is 8.82. The summed E-state index contributed by atoms with van der Waals surface area (Å²) in [5.74, 6) is 0. The van der Waals surface area contributed by atoms with Gasteiger partial charge < -0.3 is 5.73 Å². The van der Waals surface area contributed by atoms with Crippen molar-refractivity contribution in [3.63, 3.8) is 0 Å². The molecule has 0 heterocycles. The molecule has 2 saturated carbocycles. The first-order chi connectivity index (χ1) is 4.33. The van der Waals surface area contributed by atoms with Crippen molar-refractivity contribution >= 4 is 0 Å². The van der Waals surface area contributed by atoms with Crippen LogP contribution in [-0.4, -0.2) is 6.04 Å². The summed E-state index contributed by atoms with van der Waals surface area (Å²) in [5, 5.41) is 0. The molecular formula is C8H16N+. The van der Waals surface area contributed by atoms with Crippen LogP contribution < -0.4 is 5.73 Å². The molecule has 1 nitrogen and oxygen atoms in total. The van der Waals surface area contributed by atoms with Crippen LogP contribution in [0.5, 0.6) is 0 Å². The van der Waals surface area contributed by atoms with E-state index in [0.717, 1.165) is 11.5 Å². The molecule has 3 N–H and O–H groups in total. The maximum atomic E-state index is 4.18. The fourth-order valence-corrected chi connectivity index (χ4v) is 2.49. The molecule has 9 heavy (non-hydrogen) atoms. The van der Waals surface area contributed by atoms with Gasteiger partial charge in [-0.05, 0) is 19.3 Å². The Morgan fingerprint density at radius 2 is 1.78 bits per heavy atom. The van der Waals surface area contributed by atoms with Gasteiger partial charge in [0.2, 0.25) is 0 Å². The van der Waals surface area contributed by atoms with Crippen molar-refractivity contribution in [2.75, 3.05) is 0 Å². The molecular weight excluding hydrogens is 110 g/mol. The molecule has 2 aliphatic carbocycles. The Bertz CT molecular complexity index is 114. The Hall–Kier alpha value is -0.0400. The van der Waals surface area contributed by atoms with Gasteiger partial charge in [0, 0.05) is 11.8 Å². The highest BCUT2D eigenvalue weighted by Crippen LogP contribution is 2.51. The van der Waals surface area contributed by atoms with Crippen molar-refractivity contribution in [2.45, 2.75) is 44.6 Å². The van der Waals surface area contributed by atoms with Crippen LogP contribution in [0.3, 0.4) is 0 Å². The summed E-state index contributed by atoms with van der Waals surface area (Å²) >= 11 is 0. The highest BCUT2D eigenvalue weighted by molar-refractivity contribution is 4.97. The Morgan fingerprint density at radius 1 is 1.11 bits per heavy atom. The first-order valence-corrected chi connectivity index (χ1v) is 4.17. The highest BCUT2D eigenvalue weighted by Gasteiger charge is 2.48. The van der Waals surface area contributed by atoms with E-state index in [1.165, 1.54) is 38.5 Å². The molecule has 0 saturated heterocycles. The Kier molecular flexibility index (Phi) is 1.10. The lowest BCUT2D eigenvalue weighted by atomic mass is 9.64. The monoisotopic (exact) mass is 126 g/mol. The van der Waals surface area contributed by atoms with Crippen molar-refractivity contribution in [1.29, 1.82) is 0 Å². The molecule has 1 unspecified atom stereocenters. The molecule has 0 aromatic rings. The molecule has 0 bridgehead atoms. The number of hydrogen-bond acceptors (Lipinski definition) is 0. The van der Waals surface area contributed by atoms with Gasteiger partial charge in [0.1, 0.15) is 0 Å². The quantitative estimate of drug-likeness (QED) is 0.500. The number of quaternary nitrogens is 1. The molecule has 52 valence electrons. The standard InChI is InChI=1S/C8H15N/c9-7-3-6-8(7)4-1-2-5-8/h7H,1-6,9H2/p+1. The Labute approximate surface area is 56.6 Å². The van der Waals surface area contributed by atoms with Crippen LogP contribution >= 0.6 is 0 Å². The summed E-state index contributed by atoms with van der Waals surface area (Å²) in [6.45, 7) is 0. The normalized spacial score (nSPS) is 39.0. The second kappa shape index (κ2) is 1.72. The van der Waals surface area contributed by atoms with Gasteiger partial charge in [0.05, 0.1) is 6.04 Å². The minimum Gasteiger partial charge on any atom is -0.355 e. The molecule has 0 aliphatic heterocycles. The van der Waals surface area contributed by atoms with Gasteiger partial charge in [0.15, 0.2) is 0 Å². The van der Waals surface area contributed by atoms with Crippen LogP contribution in [-0.2, 0) is 0 Å². The van der Waals surface area contributed by atoms with Crippen molar-refractivity contribution in [3.8, 4) is 0 Å². The van der Waals surface area contributed by atoms with E-state index in [1.807, 2.05) is 0 Å². The number of hydrogen-bond donors (Lipinski definition) is 1. The van der Waals surface area contributed by atoms with Crippen molar-refractivity contribution < 1.29 is 5.73 Å². The largest absolute Gasteiger partial charge is 0.355 e. The summed E-state index contributed by atoms with van der Waals surface area (Å²) in [5.41, 5.74) is 4.94. The lowest BCUT2D eigenvalue weighted by molar-refractivity contribution is -0.472. The summed E-state index contributed by atoms with van der Waals surface area (Å²) in [6, 6.07) is 0.819. The summed E-state index contributed by atoms with van der Waals surface area (Å²) in [7, 11) is 0. The van der Waals surface area contributed by atoms with Crippen molar-refractivity contribution in [3.05, 3.63) is 0 Å². The minimum absolute atomic E-state index is 0.764. The molecule has 1 atom stereocenters. The topological polar surface area (TPSA) is 27.6 Å². The average molecular weight is 126 g/mol. The fourth-order valence-electron chi connectivity index (χ4n) is 2.49. The van der Waals surface area contributed by atoms with Crippen LogP contribution in [0.4, 0.5) is 0 Å². The predicted molar refractivity (Wildman–Crippen MR) is 36.8 cm³/mol. The second-order valence-electron chi connectivity index (χ2n) is 3.81. The predicted octanol–water partition coefficient (Wildman–Crippen LogP) is 0.951. The number of rotatable bonds is 0. The lowest BCUT2D eigenvalue weighted by Gasteiger charge is -2.41. The zero-order chi connectivity index (χ0) is 6.32. The molecule has 1 heteroatoms. The Balaban J connectivity index is 2.06. The first kappa shape index (κ1) is 5.72. The molecule has 2 fully saturated rings. The lowest BCUT2D eigenvalue weighted by Crippen LogP contribution is -2.72. The van der Waals surface area contributed by atoms with Gasteiger partial charge >= 0.3 is 0 Å². The smallest absolute Gasteiger partial charge is 0.0900 e. The third-order valence-corrected chi connectivity index (χ3v) is 3.46. The van der Waals surface area contributed by atoms with E-state index in [4.69, 9.17) is 0 Å². The van der Waals surface area contributed by atoms with Crippen LogP contribution in [0.1, 0.15) is 38.5 Å². The molecule has 0 radical (unpaired) electrons. The zero-order valence-corrected chi connectivity index (χ0v) is 6.03. The highest BCUT2D eigenvalue weighted by atomic mass is 14.8. The third kappa shape index (κ3) is 0.644. The van der Waals surface area contributed by atoms with E-state index in [-0.39, 0.29) is 0 Å². The summed E-state index contributed by atoms with van der Waals surface area (Å²) < 4.78 is 0. The second-order valence-corrected chi connectivity index (χ2v) is 3.81. The van der Waals surface area contributed by atoms with Crippen LogP contribution in [0.25, 0.3) is 0 Å². The van der Waals surface area contributed by atoms with E-state index in [2.05, 4.69) is 5.73 Å².